The molecule has 0 aliphatic carbocycles. The van der Waals surface area contributed by atoms with E-state index in [1.165, 1.54) is 28.1 Å². The molecule has 19 nitrogen and oxygen atoms in total. The first-order chi connectivity index (χ1) is 23.6. The third-order valence-corrected chi connectivity index (χ3v) is 8.91. The first kappa shape index (κ1) is 35.6. The quantitative estimate of drug-likeness (QED) is 0.0611. The second-order valence-corrected chi connectivity index (χ2v) is 13.8. The minimum absolute atomic E-state index is 0.0119. The number of rotatable bonds is 14. The number of hydrogen-bond acceptors (Lipinski definition) is 17. The molecule has 0 spiro atoms. The first-order valence-electron chi connectivity index (χ1n) is 14.3. The molecule has 2 aliphatic heterocycles. The number of aromatic nitrogens is 8. The van der Waals surface area contributed by atoms with E-state index in [-0.39, 0.29) is 41.8 Å². The molecule has 262 valence electrons. The molecular weight excluding hydrogens is 736 g/mol. The van der Waals surface area contributed by atoms with Gasteiger partial charge in [0.25, 0.3) is 0 Å². The van der Waals surface area contributed by atoms with Crippen molar-refractivity contribution < 1.29 is 51.4 Å². The first-order valence-corrected chi connectivity index (χ1v) is 18.9. The van der Waals surface area contributed by atoms with Crippen LogP contribution in [-0.2, 0) is 27.7 Å². The van der Waals surface area contributed by atoms with Crippen LogP contribution in [0.2, 0.25) is 0 Å². The van der Waals surface area contributed by atoms with Gasteiger partial charge < -0.3 is 35.5 Å². The van der Waals surface area contributed by atoms with Gasteiger partial charge in [0.05, 0.1) is 25.9 Å². The minimum Gasteiger partial charge on any atom is -0.472 e. The molecule has 6 heterocycles. The summed E-state index contributed by atoms with van der Waals surface area (Å²) in [5.74, 6) is 0.161. The number of fused-ring (bicyclic) bond motifs is 2. The van der Waals surface area contributed by atoms with Crippen molar-refractivity contribution in [1.82, 2.24) is 39.0 Å². The van der Waals surface area contributed by atoms with Gasteiger partial charge in [-0.25, -0.2) is 28.7 Å². The zero-order valence-electron chi connectivity index (χ0n) is 24.8. The average molecular weight is 765 g/mol. The Morgan fingerprint density at radius 2 is 1.49 bits per heavy atom. The van der Waals surface area contributed by atoms with Crippen LogP contribution in [0.5, 0.6) is 5.88 Å². The monoisotopic (exact) mass is 764 g/mol. The number of hydrogen-bond donors (Lipinski definition) is 6. The van der Waals surface area contributed by atoms with E-state index >= 15 is 8.78 Å². The second kappa shape index (κ2) is 15.3. The minimum atomic E-state index is -2.47. The molecule has 0 saturated carbocycles. The van der Waals surface area contributed by atoms with Crippen LogP contribution in [0.3, 0.4) is 0 Å². The van der Waals surface area contributed by atoms with Gasteiger partial charge in [0, 0.05) is 6.54 Å². The van der Waals surface area contributed by atoms with Crippen molar-refractivity contribution in [3.05, 3.63) is 31.1 Å². The van der Waals surface area contributed by atoms with Crippen LogP contribution >= 0.6 is 39.0 Å². The van der Waals surface area contributed by atoms with E-state index in [0.29, 0.717) is 11.3 Å². The standard InChI is InChI=1S/C24H26F2N10O9P2S2/c25-12-16(44-46(39)48)10(5-37)42-22(12)35-8-31-14-18(29-7-30-19(14)35)28-3-1-2-4-41-21-15-20(33-24(27)34-21)36(9-32-15)23-13(26)17(45-47(40)49)11(6-38)43-23/h1-2,7-13,16-17,22-23,37-38H,3-6H2,(H3-2,27,28,29,30,33,34,39,40,48,49)/p+2/b2-1+/t10-,11-,12-,13-,16-,17-,22-,23-/m1/s1. The van der Waals surface area contributed by atoms with Crippen LogP contribution in [0, 0.1) is 0 Å². The number of nitrogen functional groups attached to an aromatic ring is 1. The molecule has 0 bridgehead atoms. The highest BCUT2D eigenvalue weighted by Gasteiger charge is 2.52. The molecule has 0 radical (unpaired) electrons. The van der Waals surface area contributed by atoms with Gasteiger partial charge in [-0.3, -0.25) is 9.13 Å². The molecule has 0 amide bonds. The fourth-order valence-corrected chi connectivity index (χ4v) is 6.96. The topological polar surface area (TPSA) is 246 Å². The third kappa shape index (κ3) is 7.32. The highest BCUT2D eigenvalue weighted by molar-refractivity contribution is 8.39. The third-order valence-electron chi connectivity index (χ3n) is 7.50. The van der Waals surface area contributed by atoms with E-state index in [9.17, 15) is 19.3 Å². The zero-order chi connectivity index (χ0) is 34.8. The van der Waals surface area contributed by atoms with Gasteiger partial charge in [-0.1, -0.05) is 6.08 Å². The Hall–Kier alpha value is -3.24. The molecule has 6 rings (SSSR count). The van der Waals surface area contributed by atoms with Gasteiger partial charge in [0.15, 0.2) is 65.2 Å². The predicted molar refractivity (Wildman–Crippen MR) is 173 cm³/mol. The van der Waals surface area contributed by atoms with Crippen LogP contribution < -0.4 is 15.8 Å². The highest BCUT2D eigenvalue weighted by atomic mass is 32.7. The smallest absolute Gasteiger partial charge is 0.472 e. The van der Waals surface area contributed by atoms with Crippen molar-refractivity contribution in [2.24, 2.45) is 0 Å². The van der Waals surface area contributed by atoms with E-state index in [1.54, 1.807) is 12.2 Å². The number of nitrogens with zero attached hydrogens (tertiary/aromatic N) is 8. The summed E-state index contributed by atoms with van der Waals surface area (Å²) in [5.41, 5.74) is 6.69. The van der Waals surface area contributed by atoms with Crippen LogP contribution in [0.25, 0.3) is 22.3 Å². The summed E-state index contributed by atoms with van der Waals surface area (Å²) < 4.78 is 83.0. The largest absolute Gasteiger partial charge is 0.582 e. The lowest BCUT2D eigenvalue weighted by Crippen LogP contribution is -2.31. The number of imidazole rings is 2. The van der Waals surface area contributed by atoms with Gasteiger partial charge in [-0.05, 0) is 15.2 Å². The number of nitrogens with two attached hydrogens (primary N) is 1. The molecule has 25 heteroatoms. The Bertz CT molecular complexity index is 1880. The van der Waals surface area contributed by atoms with Gasteiger partial charge in [0.1, 0.15) is 49.6 Å². The fourth-order valence-electron chi connectivity index (χ4n) is 5.39. The van der Waals surface area contributed by atoms with E-state index < -0.39 is 76.9 Å². The van der Waals surface area contributed by atoms with Crippen molar-refractivity contribution in [1.29, 1.82) is 0 Å². The van der Waals surface area contributed by atoms with Gasteiger partial charge in [0.2, 0.25) is 11.8 Å². The number of anilines is 2. The van der Waals surface area contributed by atoms with Crippen molar-refractivity contribution >= 4 is 73.1 Å². The van der Waals surface area contributed by atoms with E-state index in [1.807, 2.05) is 0 Å². The highest BCUT2D eigenvalue weighted by Crippen LogP contribution is 2.43. The number of alkyl halides is 2. The number of aliphatic hydroxyl groups excluding tert-OH is 2. The summed E-state index contributed by atoms with van der Waals surface area (Å²) in [7, 11) is -4.91. The van der Waals surface area contributed by atoms with Gasteiger partial charge in [-0.15, -0.1) is 9.05 Å². The Labute approximate surface area is 286 Å². The number of ether oxygens (including phenoxy) is 3. The Morgan fingerprint density at radius 3 is 2.08 bits per heavy atom. The lowest BCUT2D eigenvalue weighted by molar-refractivity contribution is -0.0427. The molecule has 4 aromatic rings. The number of aliphatic hydroxyl groups is 2. The molecule has 2 saturated heterocycles. The fraction of sp³-hybridized carbons (Fsp3) is 0.500. The molecule has 49 heavy (non-hydrogen) atoms. The summed E-state index contributed by atoms with van der Waals surface area (Å²) in [4.78, 5) is 25.1. The van der Waals surface area contributed by atoms with E-state index in [2.05, 4.69) is 59.7 Å². The molecular formula is C24H28F2N10O9P2S2+2. The van der Waals surface area contributed by atoms with Crippen LogP contribution in [0.15, 0.2) is 31.1 Å². The second-order valence-electron chi connectivity index (χ2n) is 10.4. The lowest BCUT2D eigenvalue weighted by Gasteiger charge is -2.15. The lowest BCUT2D eigenvalue weighted by atomic mass is 10.1. The van der Waals surface area contributed by atoms with Gasteiger partial charge >= 0.3 is 14.5 Å². The molecule has 0 aromatic carbocycles. The van der Waals surface area contributed by atoms with Crippen LogP contribution in [-0.4, -0.2) is 112 Å². The summed E-state index contributed by atoms with van der Waals surface area (Å²) >= 11 is 7.33. The molecule has 4 aromatic heterocycles. The average Bonchev–Trinajstić information content (AvgIpc) is 3.83. The summed E-state index contributed by atoms with van der Waals surface area (Å²) in [5, 5.41) is 22.3. The van der Waals surface area contributed by atoms with E-state index in [4.69, 9.17) is 29.0 Å². The molecule has 10 atom stereocenters. The Kier molecular flexibility index (Phi) is 11.1. The van der Waals surface area contributed by atoms with Crippen LogP contribution in [0.4, 0.5) is 20.5 Å². The van der Waals surface area contributed by atoms with E-state index in [0.717, 1.165) is 0 Å². The van der Waals surface area contributed by atoms with Crippen molar-refractivity contribution in [3.63, 3.8) is 0 Å². The number of thiol groups is 2. The maximum atomic E-state index is 15.3. The summed E-state index contributed by atoms with van der Waals surface area (Å²) in [6.45, 7) is -0.893. The van der Waals surface area contributed by atoms with Crippen molar-refractivity contribution in [2.75, 3.05) is 37.4 Å². The zero-order valence-corrected chi connectivity index (χ0v) is 28.4. The summed E-state index contributed by atoms with van der Waals surface area (Å²) in [6, 6.07) is 0. The Balaban J connectivity index is 1.09. The maximum Gasteiger partial charge on any atom is 0.582 e. The van der Waals surface area contributed by atoms with Crippen LogP contribution in [0.1, 0.15) is 12.5 Å². The molecule has 2 aliphatic rings. The molecule has 2 fully saturated rings. The SMILES string of the molecule is Nc1nc(OC/C=C/CNc2ncnc3c2ncn3[C@@H]2O[C@H](CO)[C@@H](O[P+](=O)S)[C@H]2F)c2ncn([C@@H]3O[C@H](CO)[C@@H](O[P+](=O)S)[C@H]3F)c2n1. The normalized spacial score (nSPS) is 27.8. The van der Waals surface area contributed by atoms with Gasteiger partial charge in [-0.2, -0.15) is 9.97 Å². The number of halogens is 2. The van der Waals surface area contributed by atoms with Crippen molar-refractivity contribution in [3.8, 4) is 5.88 Å². The molecule has 2 unspecified atom stereocenters. The number of nitrogens with one attached hydrogen (secondary N) is 1. The maximum absolute atomic E-state index is 15.3. The Morgan fingerprint density at radius 1 is 0.898 bits per heavy atom. The molecule has 5 N–H and O–H groups in total. The predicted octanol–water partition coefficient (Wildman–Crippen LogP) is 2.00. The van der Waals surface area contributed by atoms with Crippen molar-refractivity contribution in [2.45, 2.75) is 49.2 Å². The summed E-state index contributed by atoms with van der Waals surface area (Å²) in [6.07, 6.45) is -3.90.